The summed E-state index contributed by atoms with van der Waals surface area (Å²) in [5.41, 5.74) is 3.43. The van der Waals surface area contributed by atoms with Crippen molar-refractivity contribution in [3.8, 4) is 0 Å². The average molecular weight is 432 g/mol. The maximum absolute atomic E-state index is 6.48. The largest absolute Gasteiger partial charge is 0.458 e. The number of H-pyrrole nitrogens is 1. The van der Waals surface area contributed by atoms with Crippen LogP contribution >= 0.6 is 0 Å². The SMILES string of the molecule is C=N/N=C(/C(Nc1ccc2[nH]cnc2c1)c1cc2ccccc2o1)N(N)CC1CCCO1. The van der Waals surface area contributed by atoms with Crippen molar-refractivity contribution in [2.45, 2.75) is 25.0 Å². The number of amidine groups is 1. The molecule has 9 heteroatoms. The number of aromatic amines is 1. The lowest BCUT2D eigenvalue weighted by Gasteiger charge is -2.28. The number of furan rings is 1. The Labute approximate surface area is 184 Å². The maximum Gasteiger partial charge on any atom is 0.172 e. The van der Waals surface area contributed by atoms with Gasteiger partial charge in [-0.2, -0.15) is 5.10 Å². The molecule has 0 spiro atoms. The fourth-order valence-corrected chi connectivity index (χ4v) is 4.05. The minimum Gasteiger partial charge on any atom is -0.458 e. The number of nitrogens with one attached hydrogen (secondary N) is 2. The second-order valence-electron chi connectivity index (χ2n) is 7.79. The molecule has 2 aromatic heterocycles. The third kappa shape index (κ3) is 4.08. The van der Waals surface area contributed by atoms with E-state index in [1.807, 2.05) is 48.5 Å². The van der Waals surface area contributed by atoms with Crippen molar-refractivity contribution in [3.63, 3.8) is 0 Å². The molecule has 1 aliphatic rings. The van der Waals surface area contributed by atoms with Crippen molar-refractivity contribution >= 4 is 40.2 Å². The summed E-state index contributed by atoms with van der Waals surface area (Å²) in [6.07, 6.45) is 3.70. The number of hydrazine groups is 1. The van der Waals surface area contributed by atoms with E-state index in [0.717, 1.165) is 47.1 Å². The molecule has 2 atom stereocenters. The molecule has 2 aromatic carbocycles. The number of rotatable bonds is 7. The zero-order chi connectivity index (χ0) is 21.9. The number of anilines is 1. The van der Waals surface area contributed by atoms with E-state index in [0.29, 0.717) is 18.1 Å². The normalized spacial score (nSPS) is 17.7. The number of benzene rings is 2. The lowest BCUT2D eigenvalue weighted by molar-refractivity contribution is 0.0906. The van der Waals surface area contributed by atoms with Gasteiger partial charge >= 0.3 is 0 Å². The van der Waals surface area contributed by atoms with Gasteiger partial charge in [0.15, 0.2) is 5.84 Å². The molecule has 1 saturated heterocycles. The Kier molecular flexibility index (Phi) is 5.57. The van der Waals surface area contributed by atoms with Crippen LogP contribution in [-0.4, -0.2) is 46.8 Å². The number of hydrogen-bond acceptors (Lipinski definition) is 7. The summed E-state index contributed by atoms with van der Waals surface area (Å²) in [6.45, 7) is 4.79. The average Bonchev–Trinajstić information content (AvgIpc) is 3.56. The third-order valence-electron chi connectivity index (χ3n) is 5.61. The van der Waals surface area contributed by atoms with Crippen LogP contribution in [0.3, 0.4) is 0 Å². The molecule has 4 N–H and O–H groups in total. The molecule has 3 heterocycles. The van der Waals surface area contributed by atoms with Gasteiger partial charge in [-0.15, -0.1) is 5.10 Å². The molecule has 0 saturated carbocycles. The molecule has 0 amide bonds. The molecule has 164 valence electrons. The highest BCUT2D eigenvalue weighted by Crippen LogP contribution is 2.29. The fraction of sp³-hybridized carbons (Fsp3) is 0.261. The molecule has 2 unspecified atom stereocenters. The van der Waals surface area contributed by atoms with Crippen LogP contribution in [0, 0.1) is 0 Å². The van der Waals surface area contributed by atoms with E-state index in [9.17, 15) is 0 Å². The summed E-state index contributed by atoms with van der Waals surface area (Å²) in [5.74, 6) is 7.63. The number of para-hydroxylation sites is 1. The first-order valence-electron chi connectivity index (χ1n) is 10.6. The van der Waals surface area contributed by atoms with Gasteiger partial charge in [-0.05, 0) is 43.2 Å². The van der Waals surface area contributed by atoms with Crippen molar-refractivity contribution in [3.05, 3.63) is 60.6 Å². The van der Waals surface area contributed by atoms with Crippen LogP contribution in [-0.2, 0) is 4.74 Å². The predicted molar refractivity (Wildman–Crippen MR) is 126 cm³/mol. The van der Waals surface area contributed by atoms with Crippen LogP contribution in [0.5, 0.6) is 0 Å². The van der Waals surface area contributed by atoms with E-state index in [-0.39, 0.29) is 6.10 Å². The second-order valence-corrected chi connectivity index (χ2v) is 7.79. The van der Waals surface area contributed by atoms with E-state index in [2.05, 4.69) is 32.2 Å². The van der Waals surface area contributed by atoms with Gasteiger partial charge in [-0.3, -0.25) is 5.01 Å². The minimum absolute atomic E-state index is 0.0479. The number of aromatic nitrogens is 2. The smallest absolute Gasteiger partial charge is 0.172 e. The van der Waals surface area contributed by atoms with Crippen molar-refractivity contribution in [1.29, 1.82) is 0 Å². The summed E-state index contributed by atoms with van der Waals surface area (Å²) in [6, 6.07) is 15.2. The first kappa shape index (κ1) is 20.2. The lowest BCUT2D eigenvalue weighted by atomic mass is 10.1. The maximum atomic E-state index is 6.48. The molecule has 1 aliphatic heterocycles. The van der Waals surface area contributed by atoms with Crippen molar-refractivity contribution in [2.75, 3.05) is 18.5 Å². The van der Waals surface area contributed by atoms with Crippen LogP contribution in [0.4, 0.5) is 5.69 Å². The summed E-state index contributed by atoms with van der Waals surface area (Å²) in [5, 5.41) is 14.1. The number of nitrogens with two attached hydrogens (primary N) is 1. The molecular formula is C23H25N7O2. The zero-order valence-corrected chi connectivity index (χ0v) is 17.6. The molecule has 0 radical (unpaired) electrons. The first-order valence-corrected chi connectivity index (χ1v) is 10.6. The fourth-order valence-electron chi connectivity index (χ4n) is 4.05. The van der Waals surface area contributed by atoms with E-state index >= 15 is 0 Å². The summed E-state index contributed by atoms with van der Waals surface area (Å²) in [7, 11) is 0. The van der Waals surface area contributed by atoms with Crippen LogP contribution in [0.25, 0.3) is 22.0 Å². The quantitative estimate of drug-likeness (QED) is 0.177. The number of imidazole rings is 1. The predicted octanol–water partition coefficient (Wildman–Crippen LogP) is 3.83. The van der Waals surface area contributed by atoms with Gasteiger partial charge < -0.3 is 19.5 Å². The summed E-state index contributed by atoms with van der Waals surface area (Å²) in [4.78, 5) is 7.45. The van der Waals surface area contributed by atoms with E-state index < -0.39 is 6.04 Å². The summed E-state index contributed by atoms with van der Waals surface area (Å²) >= 11 is 0. The van der Waals surface area contributed by atoms with Gasteiger partial charge in [0.05, 0.1) is 30.0 Å². The number of fused-ring (bicyclic) bond motifs is 2. The van der Waals surface area contributed by atoms with Crippen LogP contribution in [0.2, 0.25) is 0 Å². The number of hydrogen-bond donors (Lipinski definition) is 3. The molecule has 5 rings (SSSR count). The Hall–Kier alpha value is -3.69. The lowest BCUT2D eigenvalue weighted by Crippen LogP contribution is -2.46. The molecule has 9 nitrogen and oxygen atoms in total. The molecular weight excluding hydrogens is 406 g/mol. The van der Waals surface area contributed by atoms with E-state index in [1.54, 1.807) is 11.3 Å². The van der Waals surface area contributed by atoms with Gasteiger partial charge in [-0.25, -0.2) is 10.8 Å². The standard InChI is InChI=1S/C23H25N7O2/c1-25-29-23(30(24)13-17-6-4-10-31-17)22(21-11-15-5-2-3-7-20(15)32-21)28-16-8-9-18-19(12-16)27-14-26-18/h2-3,5,7-9,11-12,14,17,22,28H,1,4,6,10,13,24H2,(H,26,27)/b29-23-. The molecule has 1 fully saturated rings. The van der Waals surface area contributed by atoms with Crippen molar-refractivity contribution < 1.29 is 9.15 Å². The van der Waals surface area contributed by atoms with Gasteiger partial charge in [0, 0.05) is 24.4 Å². The Morgan fingerprint density at radius 1 is 1.31 bits per heavy atom. The van der Waals surface area contributed by atoms with Gasteiger partial charge in [-0.1, -0.05) is 18.2 Å². The van der Waals surface area contributed by atoms with Crippen LogP contribution in [0.1, 0.15) is 24.6 Å². The van der Waals surface area contributed by atoms with Crippen molar-refractivity contribution in [2.24, 2.45) is 16.0 Å². The van der Waals surface area contributed by atoms with E-state index in [1.165, 1.54) is 0 Å². The number of ether oxygens (including phenoxy) is 1. The Bertz CT molecular complexity index is 1220. The highest BCUT2D eigenvalue weighted by atomic mass is 16.5. The third-order valence-corrected chi connectivity index (χ3v) is 5.61. The van der Waals surface area contributed by atoms with Gasteiger partial charge in [0.25, 0.3) is 0 Å². The molecule has 0 bridgehead atoms. The molecule has 32 heavy (non-hydrogen) atoms. The van der Waals surface area contributed by atoms with Crippen molar-refractivity contribution in [1.82, 2.24) is 15.0 Å². The Morgan fingerprint density at radius 2 is 2.22 bits per heavy atom. The highest BCUT2D eigenvalue weighted by Gasteiger charge is 2.29. The van der Waals surface area contributed by atoms with E-state index in [4.69, 9.17) is 15.0 Å². The summed E-state index contributed by atoms with van der Waals surface area (Å²) < 4.78 is 11.9. The molecule has 4 aromatic rings. The first-order chi connectivity index (χ1) is 15.7. The molecule has 0 aliphatic carbocycles. The minimum atomic E-state index is -0.504. The van der Waals surface area contributed by atoms with Crippen LogP contribution < -0.4 is 11.2 Å². The Morgan fingerprint density at radius 3 is 3.03 bits per heavy atom. The number of nitrogens with zero attached hydrogens (tertiary/aromatic N) is 4. The zero-order valence-electron chi connectivity index (χ0n) is 17.6. The monoisotopic (exact) mass is 431 g/mol. The second kappa shape index (κ2) is 8.81. The van der Waals surface area contributed by atoms with Gasteiger partial charge in [0.2, 0.25) is 0 Å². The van der Waals surface area contributed by atoms with Gasteiger partial charge in [0.1, 0.15) is 17.4 Å². The van der Waals surface area contributed by atoms with Crippen LogP contribution in [0.15, 0.2) is 69.5 Å². The highest BCUT2D eigenvalue weighted by molar-refractivity contribution is 5.92. The topological polar surface area (TPSA) is 117 Å². The Balaban J connectivity index is 1.53.